The van der Waals surface area contributed by atoms with Gasteiger partial charge in [0, 0.05) is 29.4 Å². The number of aromatic nitrogens is 1. The van der Waals surface area contributed by atoms with E-state index in [4.69, 9.17) is 0 Å². The molecule has 3 nitrogen and oxygen atoms in total. The van der Waals surface area contributed by atoms with Crippen molar-refractivity contribution in [3.05, 3.63) is 94.3 Å². The molecule has 0 aliphatic rings. The Hall–Kier alpha value is -2.69. The molecule has 0 amide bonds. The van der Waals surface area contributed by atoms with Crippen LogP contribution >= 0.6 is 11.9 Å². The second-order valence-electron chi connectivity index (χ2n) is 6.32. The van der Waals surface area contributed by atoms with Crippen LogP contribution in [0.25, 0.3) is 28.1 Å². The van der Waals surface area contributed by atoms with E-state index in [2.05, 4.69) is 22.7 Å². The van der Waals surface area contributed by atoms with E-state index in [-0.39, 0.29) is 5.43 Å². The Labute approximate surface area is 170 Å². The molecule has 2 aromatic carbocycles. The number of benzene rings is 1. The van der Waals surface area contributed by atoms with E-state index in [0.717, 1.165) is 29.0 Å². The van der Waals surface area contributed by atoms with Crippen molar-refractivity contribution in [2.75, 3.05) is 12.3 Å². The second-order valence-corrected chi connectivity index (χ2v) is 7.47. The molecular formula is C24H24N2OS. The first-order valence-corrected chi connectivity index (χ1v) is 10.4. The number of nitrogens with one attached hydrogen (secondary N) is 1. The molecule has 0 radical (unpaired) electrons. The van der Waals surface area contributed by atoms with Gasteiger partial charge in [-0.15, -0.1) is 0 Å². The first kappa shape index (κ1) is 20.1. The highest BCUT2D eigenvalue weighted by Gasteiger charge is 2.03. The number of allylic oxidation sites excluding steroid dienone is 1. The minimum Gasteiger partial charge on any atom is -0.289 e. The van der Waals surface area contributed by atoms with Crippen LogP contribution in [0.15, 0.2) is 83.3 Å². The summed E-state index contributed by atoms with van der Waals surface area (Å²) in [7, 11) is 0. The van der Waals surface area contributed by atoms with Gasteiger partial charge in [-0.05, 0) is 41.8 Å². The van der Waals surface area contributed by atoms with Crippen molar-refractivity contribution >= 4 is 28.9 Å². The Balaban J connectivity index is 1.92. The maximum Gasteiger partial charge on any atom is 0.188 e. The predicted octanol–water partition coefficient (Wildman–Crippen LogP) is 5.48. The number of hydrogen-bond donors (Lipinski definition) is 1. The number of hydrogen-bond acceptors (Lipinski definition) is 4. The lowest BCUT2D eigenvalue weighted by Gasteiger charge is -2.02. The molecule has 0 fully saturated rings. The van der Waals surface area contributed by atoms with Gasteiger partial charge in [-0.2, -0.15) is 0 Å². The molecular weight excluding hydrogens is 364 g/mol. The molecule has 3 rings (SSSR count). The monoisotopic (exact) mass is 388 g/mol. The quantitative estimate of drug-likeness (QED) is 0.331. The Morgan fingerprint density at radius 2 is 1.93 bits per heavy atom. The van der Waals surface area contributed by atoms with Gasteiger partial charge >= 0.3 is 0 Å². The van der Waals surface area contributed by atoms with Crippen LogP contribution in [-0.2, 0) is 0 Å². The summed E-state index contributed by atoms with van der Waals surface area (Å²) < 4.78 is 3.31. The van der Waals surface area contributed by atoms with E-state index in [1.165, 1.54) is 5.57 Å². The average molecular weight is 389 g/mol. The first-order valence-electron chi connectivity index (χ1n) is 9.38. The van der Waals surface area contributed by atoms with E-state index >= 15 is 0 Å². The fraction of sp³-hybridized carbons (Fsp3) is 0.167. The van der Waals surface area contributed by atoms with E-state index in [1.807, 2.05) is 73.8 Å². The maximum atomic E-state index is 12.8. The molecule has 0 atom stereocenters. The van der Waals surface area contributed by atoms with Crippen LogP contribution in [0, 0.1) is 0 Å². The van der Waals surface area contributed by atoms with Gasteiger partial charge in [0.25, 0.3) is 0 Å². The summed E-state index contributed by atoms with van der Waals surface area (Å²) in [4.78, 5) is 17.3. The topological polar surface area (TPSA) is 42.0 Å². The number of pyridine rings is 1. The highest BCUT2D eigenvalue weighted by atomic mass is 32.2. The van der Waals surface area contributed by atoms with Gasteiger partial charge in [0.2, 0.25) is 0 Å². The number of nitrogens with zero attached hydrogens (tertiary/aromatic N) is 1. The third kappa shape index (κ3) is 5.18. The van der Waals surface area contributed by atoms with Gasteiger partial charge in [0.15, 0.2) is 5.43 Å². The first-order chi connectivity index (χ1) is 13.7. The fourth-order valence-electron chi connectivity index (χ4n) is 2.85. The number of fused-ring (bicyclic) bond motifs is 1. The fourth-order valence-corrected chi connectivity index (χ4v) is 3.32. The lowest BCUT2D eigenvalue weighted by Crippen LogP contribution is -2.07. The van der Waals surface area contributed by atoms with Crippen LogP contribution in [-0.4, -0.2) is 17.3 Å². The van der Waals surface area contributed by atoms with Crippen LogP contribution in [0.2, 0.25) is 0 Å². The van der Waals surface area contributed by atoms with Gasteiger partial charge in [-0.25, -0.2) is 0 Å². The lowest BCUT2D eigenvalue weighted by molar-refractivity contribution is 1.08. The summed E-state index contributed by atoms with van der Waals surface area (Å²) in [6.45, 7) is 4.93. The van der Waals surface area contributed by atoms with Gasteiger partial charge in [-0.1, -0.05) is 73.5 Å². The molecule has 142 valence electrons. The van der Waals surface area contributed by atoms with Crippen LogP contribution in [0.5, 0.6) is 0 Å². The maximum absolute atomic E-state index is 12.8. The summed E-state index contributed by atoms with van der Waals surface area (Å²) >= 11 is 1.69. The van der Waals surface area contributed by atoms with Gasteiger partial charge < -0.3 is 0 Å². The summed E-state index contributed by atoms with van der Waals surface area (Å²) in [6, 6.07) is 17.4. The summed E-state index contributed by atoms with van der Waals surface area (Å²) in [5, 5.41) is 0.633. The van der Waals surface area contributed by atoms with Crippen molar-refractivity contribution in [3.63, 3.8) is 0 Å². The molecule has 0 aliphatic heterocycles. The number of rotatable bonds is 7. The third-order valence-electron chi connectivity index (χ3n) is 4.41. The average Bonchev–Trinajstić information content (AvgIpc) is 2.89. The highest BCUT2D eigenvalue weighted by Crippen LogP contribution is 2.21. The summed E-state index contributed by atoms with van der Waals surface area (Å²) in [5.41, 5.74) is 4.73. The Morgan fingerprint density at radius 1 is 1.11 bits per heavy atom. The zero-order valence-electron chi connectivity index (χ0n) is 16.2. The van der Waals surface area contributed by atoms with Crippen molar-refractivity contribution in [1.29, 1.82) is 0 Å². The molecule has 0 spiro atoms. The molecule has 1 N–H and O–H groups in total. The van der Waals surface area contributed by atoms with Crippen molar-refractivity contribution in [2.45, 2.75) is 13.8 Å². The lowest BCUT2D eigenvalue weighted by atomic mass is 10.1. The van der Waals surface area contributed by atoms with Crippen LogP contribution in [0.4, 0.5) is 0 Å². The zero-order valence-corrected chi connectivity index (χ0v) is 17.0. The normalized spacial score (nSPS) is 12.0. The van der Waals surface area contributed by atoms with Crippen LogP contribution in [0.1, 0.15) is 19.4 Å². The minimum absolute atomic E-state index is 0.0216. The van der Waals surface area contributed by atoms with Gasteiger partial charge in [0.1, 0.15) is 0 Å². The van der Waals surface area contributed by atoms with Crippen molar-refractivity contribution < 1.29 is 0 Å². The Morgan fingerprint density at radius 3 is 2.68 bits per heavy atom. The Bertz CT molecular complexity index is 1060. The summed E-state index contributed by atoms with van der Waals surface area (Å²) in [6.07, 6.45) is 7.92. The predicted molar refractivity (Wildman–Crippen MR) is 122 cm³/mol. The van der Waals surface area contributed by atoms with E-state index in [1.54, 1.807) is 18.0 Å². The zero-order chi connectivity index (χ0) is 19.8. The van der Waals surface area contributed by atoms with Crippen molar-refractivity contribution in [1.82, 2.24) is 9.71 Å². The molecule has 1 aromatic heterocycles. The van der Waals surface area contributed by atoms with E-state index < -0.39 is 0 Å². The van der Waals surface area contributed by atoms with E-state index in [0.29, 0.717) is 10.9 Å². The van der Waals surface area contributed by atoms with Gasteiger partial charge in [-0.3, -0.25) is 14.5 Å². The van der Waals surface area contributed by atoms with Crippen LogP contribution < -0.4 is 10.2 Å². The second kappa shape index (κ2) is 10.0. The molecule has 0 aliphatic carbocycles. The highest BCUT2D eigenvalue weighted by molar-refractivity contribution is 7.97. The molecule has 0 saturated carbocycles. The molecule has 0 unspecified atom stereocenters. The summed E-state index contributed by atoms with van der Waals surface area (Å²) in [5.74, 6) is 1.03. The largest absolute Gasteiger partial charge is 0.289 e. The third-order valence-corrected chi connectivity index (χ3v) is 5.04. The standard InChI is InChI=1S/C24H24N2OS/c1-3-18(16-26-28-4-2)10-11-19-12-13-23-22(24(27)14-19)15-21(17-25-23)20-8-6-5-7-9-20/h3,5-15,17,26H,4,16H2,1-2H3/b11-10-,18-3+. The SMILES string of the molecule is C/C=C(\C=C/c1ccc2ncc(-c3ccccc3)cc2c(=O)c1)CNSCC. The Kier molecular flexibility index (Phi) is 7.18. The van der Waals surface area contributed by atoms with Crippen molar-refractivity contribution in [2.24, 2.45) is 0 Å². The molecule has 4 heteroatoms. The minimum atomic E-state index is -0.0216. The van der Waals surface area contributed by atoms with Crippen LogP contribution in [0.3, 0.4) is 0 Å². The molecule has 28 heavy (non-hydrogen) atoms. The van der Waals surface area contributed by atoms with Gasteiger partial charge in [0.05, 0.1) is 5.52 Å². The molecule has 3 aromatic rings. The van der Waals surface area contributed by atoms with Crippen molar-refractivity contribution in [3.8, 4) is 11.1 Å². The molecule has 1 heterocycles. The molecule has 0 saturated heterocycles. The molecule has 0 bridgehead atoms. The smallest absolute Gasteiger partial charge is 0.188 e. The van der Waals surface area contributed by atoms with E-state index in [9.17, 15) is 4.79 Å².